The van der Waals surface area contributed by atoms with Crippen LogP contribution in [0.1, 0.15) is 41.5 Å². The summed E-state index contributed by atoms with van der Waals surface area (Å²) in [7, 11) is 1.68. The molecule has 1 aliphatic rings. The first-order valence-corrected chi connectivity index (χ1v) is 10.1. The predicted molar refractivity (Wildman–Crippen MR) is 113 cm³/mol. The molecule has 0 atom stereocenters. The highest BCUT2D eigenvalue weighted by Crippen LogP contribution is 2.08. The number of nitrogens with one attached hydrogen (secondary N) is 1. The van der Waals surface area contributed by atoms with Crippen molar-refractivity contribution in [3.63, 3.8) is 0 Å². The second-order valence-corrected chi connectivity index (χ2v) is 4.95. The number of amides is 1. The summed E-state index contributed by atoms with van der Waals surface area (Å²) in [4.78, 5) is 15.9. The molecule has 1 fully saturated rings. The Morgan fingerprint density at radius 3 is 1.92 bits per heavy atom. The largest absolute Gasteiger partial charge is 0.492 e. The molecule has 0 aliphatic carbocycles. The van der Waals surface area contributed by atoms with Crippen molar-refractivity contribution in [3.8, 4) is 5.75 Å². The second kappa shape index (κ2) is 19.7. The number of carbonyl (C=O) groups is 1. The van der Waals surface area contributed by atoms with Gasteiger partial charge < -0.3 is 10.1 Å². The lowest BCUT2D eigenvalue weighted by molar-refractivity contribution is -0.122. The summed E-state index contributed by atoms with van der Waals surface area (Å²) in [6.07, 6.45) is 0. The molecule has 0 spiro atoms. The van der Waals surface area contributed by atoms with E-state index in [0.29, 0.717) is 13.2 Å². The van der Waals surface area contributed by atoms with Crippen LogP contribution in [0.15, 0.2) is 30.3 Å². The van der Waals surface area contributed by atoms with Gasteiger partial charge in [-0.15, -0.1) is 0 Å². The average molecular weight is 368 g/mol. The van der Waals surface area contributed by atoms with Gasteiger partial charge in [-0.2, -0.15) is 0 Å². The van der Waals surface area contributed by atoms with E-state index in [-0.39, 0.29) is 5.91 Å². The summed E-state index contributed by atoms with van der Waals surface area (Å²) in [6.45, 7) is 18.0. The molecular weight excluding hydrogens is 326 g/mol. The fourth-order valence-electron chi connectivity index (χ4n) is 2.26. The first kappa shape index (κ1) is 26.6. The van der Waals surface area contributed by atoms with Crippen molar-refractivity contribution in [1.82, 2.24) is 15.1 Å². The highest BCUT2D eigenvalue weighted by atomic mass is 16.5. The Bertz CT molecular complexity index is 405. The molecule has 0 aromatic heterocycles. The van der Waals surface area contributed by atoms with Crippen molar-refractivity contribution in [1.29, 1.82) is 0 Å². The zero-order valence-electron chi connectivity index (χ0n) is 18.0. The van der Waals surface area contributed by atoms with E-state index in [2.05, 4.69) is 15.1 Å². The number of likely N-dealkylation sites (N-methyl/N-ethyl adjacent to an activating group) is 1. The maximum atomic E-state index is 11.3. The van der Waals surface area contributed by atoms with Gasteiger partial charge in [0.15, 0.2) is 0 Å². The van der Waals surface area contributed by atoms with Gasteiger partial charge in [-0.1, -0.05) is 59.7 Å². The Kier molecular flexibility index (Phi) is 20.2. The van der Waals surface area contributed by atoms with Gasteiger partial charge in [0.1, 0.15) is 12.4 Å². The van der Waals surface area contributed by atoms with Crippen molar-refractivity contribution >= 4 is 5.91 Å². The van der Waals surface area contributed by atoms with Crippen LogP contribution in [0.2, 0.25) is 0 Å². The molecule has 1 heterocycles. The summed E-state index contributed by atoms with van der Waals surface area (Å²) >= 11 is 0. The first-order chi connectivity index (χ1) is 12.8. The normalized spacial score (nSPS) is 13.7. The number of nitrogens with zero attached hydrogens (tertiary/aromatic N) is 2. The lowest BCUT2D eigenvalue weighted by atomic mass is 10.3. The van der Waals surface area contributed by atoms with Crippen LogP contribution in [0, 0.1) is 0 Å². The fraction of sp³-hybridized carbons (Fsp3) is 0.667. The van der Waals surface area contributed by atoms with Crippen molar-refractivity contribution < 1.29 is 9.53 Å². The molecule has 5 heteroatoms. The Hall–Kier alpha value is -1.59. The highest BCUT2D eigenvalue weighted by molar-refractivity contribution is 5.77. The molecule has 1 amide bonds. The molecule has 5 nitrogen and oxygen atoms in total. The van der Waals surface area contributed by atoms with Crippen LogP contribution in [0.4, 0.5) is 0 Å². The molecule has 1 aromatic rings. The van der Waals surface area contributed by atoms with Crippen molar-refractivity contribution in [3.05, 3.63) is 30.3 Å². The molecule has 1 N–H and O–H groups in total. The van der Waals surface area contributed by atoms with Gasteiger partial charge in [-0.25, -0.2) is 0 Å². The smallest absolute Gasteiger partial charge is 0.233 e. The first-order valence-electron chi connectivity index (χ1n) is 10.1. The minimum atomic E-state index is 0.0888. The third-order valence-electron chi connectivity index (χ3n) is 3.53. The fourth-order valence-corrected chi connectivity index (χ4v) is 2.26. The number of benzene rings is 1. The van der Waals surface area contributed by atoms with E-state index in [1.165, 1.54) is 0 Å². The molecule has 1 saturated heterocycles. The standard InChI is InChI=1S/C15H23N3O2.3C2H6/c1-16-15(19)13-18-9-7-17(8-10-18)11-12-20-14-5-3-2-4-6-14;3*1-2/h2-6H,7-13H2,1H3,(H,16,19);3*1-2H3. The number of carbonyl (C=O) groups excluding carboxylic acids is 1. The van der Waals surface area contributed by atoms with E-state index in [0.717, 1.165) is 38.5 Å². The van der Waals surface area contributed by atoms with Crippen LogP contribution in [0.25, 0.3) is 0 Å². The van der Waals surface area contributed by atoms with E-state index in [4.69, 9.17) is 4.74 Å². The summed E-state index contributed by atoms with van der Waals surface area (Å²) in [5.41, 5.74) is 0. The van der Waals surface area contributed by atoms with Gasteiger partial charge >= 0.3 is 0 Å². The summed E-state index contributed by atoms with van der Waals surface area (Å²) in [6, 6.07) is 9.89. The lowest BCUT2D eigenvalue weighted by Gasteiger charge is -2.34. The molecule has 2 rings (SSSR count). The molecule has 0 saturated carbocycles. The Morgan fingerprint density at radius 2 is 1.42 bits per heavy atom. The number of ether oxygens (including phenoxy) is 1. The van der Waals surface area contributed by atoms with Crippen LogP contribution in [0.5, 0.6) is 5.75 Å². The monoisotopic (exact) mass is 367 g/mol. The van der Waals surface area contributed by atoms with Crippen LogP contribution in [-0.4, -0.2) is 68.6 Å². The van der Waals surface area contributed by atoms with E-state index in [1.807, 2.05) is 71.9 Å². The van der Waals surface area contributed by atoms with Crippen LogP contribution in [0.3, 0.4) is 0 Å². The minimum Gasteiger partial charge on any atom is -0.492 e. The highest BCUT2D eigenvalue weighted by Gasteiger charge is 2.18. The van der Waals surface area contributed by atoms with E-state index in [1.54, 1.807) is 7.05 Å². The number of hydrogen-bond acceptors (Lipinski definition) is 4. The quantitative estimate of drug-likeness (QED) is 0.836. The predicted octanol–water partition coefficient (Wildman–Crippen LogP) is 3.51. The van der Waals surface area contributed by atoms with Gasteiger partial charge in [0.2, 0.25) is 5.91 Å². The van der Waals surface area contributed by atoms with Gasteiger partial charge in [-0.05, 0) is 12.1 Å². The Morgan fingerprint density at radius 1 is 0.923 bits per heavy atom. The van der Waals surface area contributed by atoms with Gasteiger partial charge in [0.05, 0.1) is 6.54 Å². The number of hydrogen-bond donors (Lipinski definition) is 1. The zero-order valence-corrected chi connectivity index (χ0v) is 18.0. The SMILES string of the molecule is CC.CC.CC.CNC(=O)CN1CCN(CCOc2ccccc2)CC1. The van der Waals surface area contributed by atoms with Crippen molar-refractivity contribution in [2.45, 2.75) is 41.5 Å². The number of piperazine rings is 1. The molecule has 0 bridgehead atoms. The summed E-state index contributed by atoms with van der Waals surface area (Å²) in [5, 5.41) is 2.66. The molecule has 0 unspecified atom stereocenters. The minimum absolute atomic E-state index is 0.0888. The maximum absolute atomic E-state index is 11.3. The zero-order chi connectivity index (χ0) is 20.2. The molecular formula is C21H41N3O2. The number of rotatable bonds is 6. The van der Waals surface area contributed by atoms with E-state index < -0.39 is 0 Å². The lowest BCUT2D eigenvalue weighted by Crippen LogP contribution is -2.49. The van der Waals surface area contributed by atoms with Crippen molar-refractivity contribution in [2.24, 2.45) is 0 Å². The average Bonchev–Trinajstić information content (AvgIpc) is 2.74. The van der Waals surface area contributed by atoms with Crippen LogP contribution in [-0.2, 0) is 4.79 Å². The van der Waals surface area contributed by atoms with Crippen molar-refractivity contribution in [2.75, 3.05) is 52.9 Å². The molecule has 1 aromatic carbocycles. The van der Waals surface area contributed by atoms with Crippen LogP contribution < -0.4 is 10.1 Å². The molecule has 152 valence electrons. The Labute approximate surface area is 161 Å². The molecule has 26 heavy (non-hydrogen) atoms. The van der Waals surface area contributed by atoms with Gasteiger partial charge in [0, 0.05) is 39.8 Å². The summed E-state index contributed by atoms with van der Waals surface area (Å²) < 4.78 is 5.70. The Balaban J connectivity index is 0. The molecule has 0 radical (unpaired) electrons. The van der Waals surface area contributed by atoms with Gasteiger partial charge in [0.25, 0.3) is 0 Å². The second-order valence-electron chi connectivity index (χ2n) is 4.95. The van der Waals surface area contributed by atoms with Gasteiger partial charge in [-0.3, -0.25) is 14.6 Å². The summed E-state index contributed by atoms with van der Waals surface area (Å²) in [5.74, 6) is 1.01. The topological polar surface area (TPSA) is 44.8 Å². The maximum Gasteiger partial charge on any atom is 0.233 e. The third kappa shape index (κ3) is 12.7. The third-order valence-corrected chi connectivity index (χ3v) is 3.53. The number of para-hydroxylation sites is 1. The molecule has 1 aliphatic heterocycles. The van der Waals surface area contributed by atoms with Crippen LogP contribution >= 0.6 is 0 Å². The van der Waals surface area contributed by atoms with E-state index >= 15 is 0 Å². The van der Waals surface area contributed by atoms with E-state index in [9.17, 15) is 4.79 Å².